The average molecular weight is 401 g/mol. The monoisotopic (exact) mass is 400 g/mol. The number of hydrogen-bond acceptors (Lipinski definition) is 5. The number of carbonyl (C=O) groups excluding carboxylic acids is 1. The van der Waals surface area contributed by atoms with E-state index < -0.39 is 0 Å². The zero-order chi connectivity index (χ0) is 19.3. The molecule has 6 heteroatoms. The third-order valence-electron chi connectivity index (χ3n) is 6.66. The molecular weight excluding hydrogens is 368 g/mol. The van der Waals surface area contributed by atoms with Crippen molar-refractivity contribution in [2.45, 2.75) is 70.3 Å². The number of piperidine rings is 1. The first-order valence-corrected chi connectivity index (χ1v) is 11.9. The van der Waals surface area contributed by atoms with Gasteiger partial charge in [0, 0.05) is 23.9 Å². The lowest BCUT2D eigenvalue weighted by molar-refractivity contribution is -0.116. The minimum atomic E-state index is 0.0505. The summed E-state index contributed by atoms with van der Waals surface area (Å²) in [6.45, 7) is 5.58. The molecule has 0 atom stereocenters. The van der Waals surface area contributed by atoms with Crippen molar-refractivity contribution in [1.82, 2.24) is 9.80 Å². The minimum Gasteiger partial charge on any atom is -0.317 e. The van der Waals surface area contributed by atoms with E-state index in [1.165, 1.54) is 62.1 Å². The fraction of sp³-hybridized carbons (Fsp3) is 0.727. The number of hydrogen-bond donors (Lipinski definition) is 1. The maximum absolute atomic E-state index is 12.5. The number of thiophene rings is 1. The normalized spacial score (nSPS) is 21.8. The summed E-state index contributed by atoms with van der Waals surface area (Å²) in [5.41, 5.74) is 1.92. The summed E-state index contributed by atoms with van der Waals surface area (Å²) in [5.74, 6) is 0.0505. The van der Waals surface area contributed by atoms with Crippen LogP contribution in [-0.2, 0) is 17.6 Å². The van der Waals surface area contributed by atoms with Crippen molar-refractivity contribution in [1.29, 1.82) is 5.26 Å². The standard InChI is InChI=1S/C22H32N4OS/c23-16-19-18-6-2-1-3-7-20(18)28-22(19)24-21(27)10-15-25-13-8-17(9-14-25)26-11-4-5-12-26/h17H,1-15H2,(H,24,27). The quantitative estimate of drug-likeness (QED) is 0.764. The third-order valence-corrected chi connectivity index (χ3v) is 7.86. The van der Waals surface area contributed by atoms with Gasteiger partial charge in [-0.3, -0.25) is 4.79 Å². The molecule has 2 fully saturated rings. The van der Waals surface area contributed by atoms with Gasteiger partial charge in [0.15, 0.2) is 0 Å². The number of likely N-dealkylation sites (tertiary alicyclic amines) is 2. The molecule has 3 aliphatic rings. The number of rotatable bonds is 5. The maximum atomic E-state index is 12.5. The van der Waals surface area contributed by atoms with E-state index in [1.807, 2.05) is 0 Å². The highest BCUT2D eigenvalue weighted by atomic mass is 32.1. The number of anilines is 1. The summed E-state index contributed by atoms with van der Waals surface area (Å²) in [5, 5.41) is 13.4. The van der Waals surface area contributed by atoms with Crippen LogP contribution in [0, 0.1) is 11.3 Å². The second kappa shape index (κ2) is 9.39. The third kappa shape index (κ3) is 4.59. The van der Waals surface area contributed by atoms with Crippen LogP contribution in [0.1, 0.15) is 67.4 Å². The van der Waals surface area contributed by atoms with Gasteiger partial charge in [-0.2, -0.15) is 5.26 Å². The van der Waals surface area contributed by atoms with Crippen molar-refractivity contribution in [2.24, 2.45) is 0 Å². The number of nitrogens with zero attached hydrogens (tertiary/aromatic N) is 3. The topological polar surface area (TPSA) is 59.4 Å². The predicted octanol–water partition coefficient (Wildman–Crippen LogP) is 3.78. The van der Waals surface area contributed by atoms with Gasteiger partial charge in [-0.15, -0.1) is 11.3 Å². The molecule has 0 unspecified atom stereocenters. The van der Waals surface area contributed by atoms with Crippen LogP contribution in [0.25, 0.3) is 0 Å². The van der Waals surface area contributed by atoms with Gasteiger partial charge in [0.2, 0.25) is 5.91 Å². The zero-order valence-electron chi connectivity index (χ0n) is 16.8. The van der Waals surface area contributed by atoms with Gasteiger partial charge in [0.25, 0.3) is 0 Å². The highest BCUT2D eigenvalue weighted by Gasteiger charge is 2.26. The van der Waals surface area contributed by atoms with Gasteiger partial charge >= 0.3 is 0 Å². The van der Waals surface area contributed by atoms with Gasteiger partial charge < -0.3 is 15.1 Å². The van der Waals surface area contributed by atoms with Crippen molar-refractivity contribution in [2.75, 3.05) is 38.0 Å². The number of fused-ring (bicyclic) bond motifs is 1. The maximum Gasteiger partial charge on any atom is 0.226 e. The van der Waals surface area contributed by atoms with Crippen LogP contribution in [0.15, 0.2) is 0 Å². The molecular formula is C22H32N4OS. The van der Waals surface area contributed by atoms with E-state index >= 15 is 0 Å². The largest absolute Gasteiger partial charge is 0.317 e. The highest BCUT2D eigenvalue weighted by molar-refractivity contribution is 7.16. The Bertz CT molecular complexity index is 724. The first kappa shape index (κ1) is 19.9. The molecule has 5 nitrogen and oxygen atoms in total. The summed E-state index contributed by atoms with van der Waals surface area (Å²) >= 11 is 1.63. The van der Waals surface area contributed by atoms with E-state index in [2.05, 4.69) is 21.2 Å². The Kier molecular flexibility index (Phi) is 6.66. The van der Waals surface area contributed by atoms with Crippen LogP contribution >= 0.6 is 11.3 Å². The number of amides is 1. The highest BCUT2D eigenvalue weighted by Crippen LogP contribution is 2.37. The Hall–Kier alpha value is -1.42. The van der Waals surface area contributed by atoms with Crippen molar-refractivity contribution in [3.8, 4) is 6.07 Å². The van der Waals surface area contributed by atoms with Crippen molar-refractivity contribution in [3.63, 3.8) is 0 Å². The Labute approximate surface area is 172 Å². The molecule has 4 rings (SSSR count). The molecule has 28 heavy (non-hydrogen) atoms. The number of carbonyl (C=O) groups is 1. The Morgan fingerprint density at radius 3 is 2.57 bits per heavy atom. The Balaban J connectivity index is 1.26. The van der Waals surface area contributed by atoms with E-state index in [0.717, 1.165) is 55.5 Å². The molecule has 1 aromatic rings. The van der Waals surface area contributed by atoms with Crippen LogP contribution in [-0.4, -0.2) is 54.5 Å². The molecule has 2 aliphatic heterocycles. The second-order valence-corrected chi connectivity index (χ2v) is 9.60. The molecule has 0 spiro atoms. The van der Waals surface area contributed by atoms with Crippen LogP contribution in [0.4, 0.5) is 5.00 Å². The molecule has 3 heterocycles. The summed E-state index contributed by atoms with van der Waals surface area (Å²) < 4.78 is 0. The van der Waals surface area contributed by atoms with E-state index in [1.54, 1.807) is 11.3 Å². The predicted molar refractivity (Wildman–Crippen MR) is 114 cm³/mol. The van der Waals surface area contributed by atoms with E-state index in [9.17, 15) is 10.1 Å². The molecule has 1 amide bonds. The molecule has 0 bridgehead atoms. The molecule has 1 aliphatic carbocycles. The second-order valence-electron chi connectivity index (χ2n) is 8.49. The fourth-order valence-electron chi connectivity index (χ4n) is 5.01. The lowest BCUT2D eigenvalue weighted by atomic mass is 10.0. The smallest absolute Gasteiger partial charge is 0.226 e. The zero-order valence-corrected chi connectivity index (χ0v) is 17.7. The SMILES string of the molecule is N#Cc1c(NC(=O)CCN2CCC(N3CCCC3)CC2)sc2c1CCCCC2. The molecule has 0 aromatic carbocycles. The molecule has 0 radical (unpaired) electrons. The summed E-state index contributed by atoms with van der Waals surface area (Å²) in [6, 6.07) is 3.11. The van der Waals surface area contributed by atoms with Crippen molar-refractivity contribution >= 4 is 22.2 Å². The van der Waals surface area contributed by atoms with Crippen LogP contribution in [0.2, 0.25) is 0 Å². The van der Waals surface area contributed by atoms with E-state index in [4.69, 9.17) is 0 Å². The molecule has 0 saturated carbocycles. The minimum absolute atomic E-state index is 0.0505. The van der Waals surface area contributed by atoms with Crippen molar-refractivity contribution < 1.29 is 4.79 Å². The van der Waals surface area contributed by atoms with Crippen LogP contribution in [0.5, 0.6) is 0 Å². The molecule has 152 valence electrons. The van der Waals surface area contributed by atoms with E-state index in [0.29, 0.717) is 6.42 Å². The van der Waals surface area contributed by atoms with Crippen LogP contribution in [0.3, 0.4) is 0 Å². The Morgan fingerprint density at radius 2 is 1.82 bits per heavy atom. The number of aryl methyl sites for hydroxylation is 1. The van der Waals surface area contributed by atoms with E-state index in [-0.39, 0.29) is 5.91 Å². The number of nitriles is 1. The lowest BCUT2D eigenvalue weighted by Crippen LogP contribution is -2.44. The summed E-state index contributed by atoms with van der Waals surface area (Å²) in [7, 11) is 0. The number of nitrogens with one attached hydrogen (secondary N) is 1. The first-order chi connectivity index (χ1) is 13.7. The van der Waals surface area contributed by atoms with Gasteiger partial charge in [0.1, 0.15) is 11.1 Å². The van der Waals surface area contributed by atoms with Gasteiger partial charge in [0.05, 0.1) is 5.56 Å². The van der Waals surface area contributed by atoms with Crippen LogP contribution < -0.4 is 5.32 Å². The molecule has 1 aromatic heterocycles. The Morgan fingerprint density at radius 1 is 1.07 bits per heavy atom. The summed E-state index contributed by atoms with van der Waals surface area (Å²) in [4.78, 5) is 18.9. The molecule has 2 saturated heterocycles. The fourth-order valence-corrected chi connectivity index (χ4v) is 6.27. The van der Waals surface area contributed by atoms with Gasteiger partial charge in [-0.25, -0.2) is 0 Å². The molecule has 1 N–H and O–H groups in total. The lowest BCUT2D eigenvalue weighted by Gasteiger charge is -2.36. The van der Waals surface area contributed by atoms with Crippen molar-refractivity contribution in [3.05, 3.63) is 16.0 Å². The van der Waals surface area contributed by atoms with Gasteiger partial charge in [-0.1, -0.05) is 6.42 Å². The first-order valence-electron chi connectivity index (χ1n) is 11.1. The summed E-state index contributed by atoms with van der Waals surface area (Å²) in [6.07, 6.45) is 11.3. The van der Waals surface area contributed by atoms with Gasteiger partial charge in [-0.05, 0) is 83.1 Å². The average Bonchev–Trinajstić information content (AvgIpc) is 3.29.